The molecule has 0 unspecified atom stereocenters. The number of nitrogens with one attached hydrogen (secondary N) is 1. The molecule has 2 amide bonds. The zero-order valence-corrected chi connectivity index (χ0v) is 18.7. The molecule has 0 fully saturated rings. The second kappa shape index (κ2) is 9.15. The van der Waals surface area contributed by atoms with Crippen molar-refractivity contribution in [1.82, 2.24) is 4.98 Å². The lowest BCUT2D eigenvalue weighted by Crippen LogP contribution is -2.35. The van der Waals surface area contributed by atoms with Gasteiger partial charge in [0.1, 0.15) is 21.5 Å². The molecular formula is C26H19F2N3O2S. The van der Waals surface area contributed by atoms with Gasteiger partial charge in [0.15, 0.2) is 0 Å². The fourth-order valence-electron chi connectivity index (χ4n) is 4.01. The average molecular weight is 476 g/mol. The summed E-state index contributed by atoms with van der Waals surface area (Å²) in [4.78, 5) is 32.4. The van der Waals surface area contributed by atoms with Gasteiger partial charge in [-0.15, -0.1) is 11.3 Å². The van der Waals surface area contributed by atoms with Crippen molar-refractivity contribution in [3.8, 4) is 10.6 Å². The number of benzene rings is 3. The van der Waals surface area contributed by atoms with Gasteiger partial charge in [-0.25, -0.2) is 13.8 Å². The summed E-state index contributed by atoms with van der Waals surface area (Å²) in [5.41, 5.74) is 2.88. The Morgan fingerprint density at radius 1 is 0.971 bits per heavy atom. The zero-order valence-electron chi connectivity index (χ0n) is 17.9. The molecule has 5 nitrogen and oxygen atoms in total. The van der Waals surface area contributed by atoms with Crippen molar-refractivity contribution in [1.29, 1.82) is 0 Å². The van der Waals surface area contributed by atoms with E-state index in [2.05, 4.69) is 10.3 Å². The van der Waals surface area contributed by atoms with Gasteiger partial charge >= 0.3 is 0 Å². The van der Waals surface area contributed by atoms with Crippen molar-refractivity contribution in [2.24, 2.45) is 0 Å². The van der Waals surface area contributed by atoms with Crippen LogP contribution in [0.15, 0.2) is 72.9 Å². The van der Waals surface area contributed by atoms with Crippen LogP contribution in [-0.2, 0) is 6.42 Å². The molecule has 170 valence electrons. The molecule has 0 bridgehead atoms. The predicted molar refractivity (Wildman–Crippen MR) is 128 cm³/mol. The number of amides is 2. The Kier molecular flexibility index (Phi) is 5.90. The van der Waals surface area contributed by atoms with Gasteiger partial charge in [-0.1, -0.05) is 18.2 Å². The third-order valence-electron chi connectivity index (χ3n) is 5.67. The first-order chi connectivity index (χ1) is 16.5. The number of rotatable bonds is 4. The third kappa shape index (κ3) is 4.20. The number of halogens is 2. The number of carbonyl (C=O) groups is 2. The lowest BCUT2D eigenvalue weighted by Gasteiger charge is -2.30. The topological polar surface area (TPSA) is 62.3 Å². The molecule has 0 spiro atoms. The van der Waals surface area contributed by atoms with Gasteiger partial charge in [-0.3, -0.25) is 9.59 Å². The summed E-state index contributed by atoms with van der Waals surface area (Å²) in [5, 5.41) is 3.33. The molecule has 1 aliphatic heterocycles. The van der Waals surface area contributed by atoms with E-state index >= 15 is 0 Å². The molecule has 1 aliphatic rings. The molecule has 8 heteroatoms. The molecule has 34 heavy (non-hydrogen) atoms. The van der Waals surface area contributed by atoms with E-state index in [1.807, 2.05) is 6.07 Å². The highest BCUT2D eigenvalue weighted by molar-refractivity contribution is 7.17. The summed E-state index contributed by atoms with van der Waals surface area (Å²) >= 11 is 1.15. The van der Waals surface area contributed by atoms with Crippen LogP contribution in [0.5, 0.6) is 0 Å². The smallest absolute Gasteiger partial charge is 0.270 e. The molecule has 5 rings (SSSR count). The van der Waals surface area contributed by atoms with Crippen molar-refractivity contribution >= 4 is 34.5 Å². The molecule has 0 atom stereocenters. The Morgan fingerprint density at radius 3 is 2.56 bits per heavy atom. The van der Waals surface area contributed by atoms with E-state index < -0.39 is 5.82 Å². The number of hydrogen-bond acceptors (Lipinski definition) is 4. The van der Waals surface area contributed by atoms with Crippen molar-refractivity contribution < 1.29 is 18.4 Å². The van der Waals surface area contributed by atoms with Crippen molar-refractivity contribution in [3.05, 3.63) is 101 Å². The van der Waals surface area contributed by atoms with E-state index in [4.69, 9.17) is 0 Å². The first-order valence-electron chi connectivity index (χ1n) is 10.7. The summed E-state index contributed by atoms with van der Waals surface area (Å²) in [6.07, 6.45) is 2.90. The maximum absolute atomic E-state index is 14.1. The molecule has 0 radical (unpaired) electrons. The molecule has 2 heterocycles. The van der Waals surface area contributed by atoms with Crippen LogP contribution < -0.4 is 10.2 Å². The first-order valence-corrected chi connectivity index (χ1v) is 11.5. The van der Waals surface area contributed by atoms with Crippen LogP contribution in [0.25, 0.3) is 10.6 Å². The summed E-state index contributed by atoms with van der Waals surface area (Å²) in [5.74, 6) is -1.37. The van der Waals surface area contributed by atoms with E-state index in [1.165, 1.54) is 36.5 Å². The third-order valence-corrected chi connectivity index (χ3v) is 6.69. The highest BCUT2D eigenvalue weighted by Gasteiger charge is 2.27. The minimum Gasteiger partial charge on any atom is -0.322 e. The minimum atomic E-state index is -0.413. The van der Waals surface area contributed by atoms with Gasteiger partial charge < -0.3 is 10.2 Å². The molecule has 1 N–H and O–H groups in total. The van der Waals surface area contributed by atoms with Crippen LogP contribution in [0.4, 0.5) is 20.2 Å². The maximum Gasteiger partial charge on any atom is 0.270 e. The Balaban J connectivity index is 1.41. The van der Waals surface area contributed by atoms with E-state index in [1.54, 1.807) is 35.2 Å². The van der Waals surface area contributed by atoms with Gasteiger partial charge in [-0.05, 0) is 66.9 Å². The van der Waals surface area contributed by atoms with Gasteiger partial charge in [0.25, 0.3) is 11.8 Å². The highest BCUT2D eigenvalue weighted by atomic mass is 32.1. The van der Waals surface area contributed by atoms with Crippen LogP contribution in [0.3, 0.4) is 0 Å². The largest absolute Gasteiger partial charge is 0.322 e. The normalized spacial score (nSPS) is 12.8. The predicted octanol–water partition coefficient (Wildman–Crippen LogP) is 5.93. The fraction of sp³-hybridized carbons (Fsp3) is 0.115. The molecule has 0 aliphatic carbocycles. The van der Waals surface area contributed by atoms with E-state index in [9.17, 15) is 18.4 Å². The van der Waals surface area contributed by atoms with Gasteiger partial charge in [0.2, 0.25) is 0 Å². The Morgan fingerprint density at radius 2 is 1.76 bits per heavy atom. The lowest BCUT2D eigenvalue weighted by molar-refractivity contribution is 0.0987. The van der Waals surface area contributed by atoms with Crippen LogP contribution in [0, 0.1) is 11.6 Å². The van der Waals surface area contributed by atoms with E-state index in [0.717, 1.165) is 23.3 Å². The van der Waals surface area contributed by atoms with Crippen LogP contribution in [-0.4, -0.2) is 23.3 Å². The summed E-state index contributed by atoms with van der Waals surface area (Å²) < 4.78 is 27.3. The summed E-state index contributed by atoms with van der Waals surface area (Å²) in [6.45, 7) is 0.522. The van der Waals surface area contributed by atoms with Crippen molar-refractivity contribution in [2.75, 3.05) is 16.8 Å². The van der Waals surface area contributed by atoms with Crippen LogP contribution >= 0.6 is 11.3 Å². The van der Waals surface area contributed by atoms with E-state index in [0.29, 0.717) is 45.4 Å². The molecule has 3 aromatic carbocycles. The minimum absolute atomic E-state index is 0.219. The zero-order chi connectivity index (χ0) is 23.7. The fourth-order valence-corrected chi connectivity index (χ4v) is 4.91. The molecule has 0 saturated heterocycles. The van der Waals surface area contributed by atoms with Crippen LogP contribution in [0.2, 0.25) is 0 Å². The number of carbonyl (C=O) groups excluding carboxylic acids is 2. The Hall–Kier alpha value is -3.91. The van der Waals surface area contributed by atoms with Crippen molar-refractivity contribution in [2.45, 2.75) is 12.8 Å². The van der Waals surface area contributed by atoms with Gasteiger partial charge in [0, 0.05) is 29.0 Å². The number of thiazole rings is 1. The first kappa shape index (κ1) is 21.9. The quantitative estimate of drug-likeness (QED) is 0.398. The summed E-state index contributed by atoms with van der Waals surface area (Å²) in [7, 11) is 0. The van der Waals surface area contributed by atoms with Gasteiger partial charge in [-0.2, -0.15) is 0 Å². The second-order valence-corrected chi connectivity index (χ2v) is 8.86. The van der Waals surface area contributed by atoms with Crippen LogP contribution in [0.1, 0.15) is 32.0 Å². The Labute approximate surface area is 198 Å². The lowest BCUT2D eigenvalue weighted by atomic mass is 9.99. The Bertz CT molecular complexity index is 1390. The molecular weight excluding hydrogens is 456 g/mol. The SMILES string of the molecule is O=C(Nc1cccc2c1CCCN2C(=O)c1cnc(-c2ccccc2F)s1)c1ccc(F)cc1. The number of fused-ring (bicyclic) bond motifs is 1. The maximum atomic E-state index is 14.1. The van der Waals surface area contributed by atoms with Crippen molar-refractivity contribution in [3.63, 3.8) is 0 Å². The number of anilines is 2. The second-order valence-electron chi connectivity index (χ2n) is 7.83. The standard InChI is InChI=1S/C26H19F2N3O2S/c27-17-12-10-16(11-13-17)24(32)30-21-8-3-9-22-19(21)6-4-14-31(22)26(33)23-15-29-25(34-23)18-5-1-2-7-20(18)28/h1-3,5,7-13,15H,4,6,14H2,(H,30,32). The highest BCUT2D eigenvalue weighted by Crippen LogP contribution is 2.35. The average Bonchev–Trinajstić information content (AvgIpc) is 3.34. The molecule has 1 aromatic heterocycles. The molecule has 0 saturated carbocycles. The number of aromatic nitrogens is 1. The number of nitrogens with zero attached hydrogens (tertiary/aromatic N) is 2. The summed E-state index contributed by atoms with van der Waals surface area (Å²) in [6, 6.07) is 17.1. The number of hydrogen-bond donors (Lipinski definition) is 1. The van der Waals surface area contributed by atoms with Gasteiger partial charge in [0.05, 0.1) is 6.20 Å². The monoisotopic (exact) mass is 475 g/mol. The van der Waals surface area contributed by atoms with E-state index in [-0.39, 0.29) is 17.6 Å². The molecule has 4 aromatic rings.